The second kappa shape index (κ2) is 7.53. The van der Waals surface area contributed by atoms with Gasteiger partial charge in [0.1, 0.15) is 23.5 Å². The Morgan fingerprint density at radius 2 is 2.04 bits per heavy atom. The Hall–Kier alpha value is -3.03. The van der Waals surface area contributed by atoms with E-state index in [0.717, 1.165) is 48.6 Å². The van der Waals surface area contributed by atoms with Gasteiger partial charge in [-0.15, -0.1) is 0 Å². The lowest BCUT2D eigenvalue weighted by Gasteiger charge is -2.35. The number of rotatable bonds is 4. The lowest BCUT2D eigenvalue weighted by atomic mass is 10.1. The van der Waals surface area contributed by atoms with Crippen LogP contribution in [-0.2, 0) is 6.54 Å². The third kappa shape index (κ3) is 3.67. The number of hydrogen-bond donors (Lipinski definition) is 1. The zero-order valence-electron chi connectivity index (χ0n) is 16.4. The maximum Gasteiger partial charge on any atom is 0.323 e. The maximum absolute atomic E-state index is 11.9. The molecule has 0 aromatic carbocycles. The van der Waals surface area contributed by atoms with Gasteiger partial charge < -0.3 is 19.3 Å². The molecule has 0 radical (unpaired) electrons. The van der Waals surface area contributed by atoms with Crippen LogP contribution in [0.2, 0.25) is 0 Å². The van der Waals surface area contributed by atoms with Gasteiger partial charge in [-0.3, -0.25) is 5.32 Å². The number of aryl methyl sites for hydroxylation is 1. The molecule has 148 valence electrons. The summed E-state index contributed by atoms with van der Waals surface area (Å²) in [5.41, 5.74) is 2.18. The van der Waals surface area contributed by atoms with E-state index in [1.54, 1.807) is 31.3 Å². The third-order valence-electron chi connectivity index (χ3n) is 5.21. The van der Waals surface area contributed by atoms with Crippen molar-refractivity contribution in [2.75, 3.05) is 37.5 Å². The average molecular weight is 383 g/mol. The zero-order valence-corrected chi connectivity index (χ0v) is 16.4. The van der Waals surface area contributed by atoms with Gasteiger partial charge in [0.05, 0.1) is 19.9 Å². The number of piperidine rings is 1. The van der Waals surface area contributed by atoms with E-state index in [9.17, 15) is 4.79 Å². The molecule has 0 saturated carbocycles. The molecule has 1 saturated heterocycles. The second-order valence-corrected chi connectivity index (χ2v) is 7.26. The van der Waals surface area contributed by atoms with E-state index in [4.69, 9.17) is 14.5 Å². The SMILES string of the molecule is COc1ccc(OC2CCN(c3nc4c(cc3C)CN(C)C(=O)N4)CC2)cn1. The van der Waals surface area contributed by atoms with E-state index in [2.05, 4.69) is 28.2 Å². The van der Waals surface area contributed by atoms with Crippen LogP contribution in [0.15, 0.2) is 24.4 Å². The summed E-state index contributed by atoms with van der Waals surface area (Å²) >= 11 is 0. The number of aromatic nitrogens is 2. The van der Waals surface area contributed by atoms with E-state index < -0.39 is 0 Å². The van der Waals surface area contributed by atoms with Crippen LogP contribution < -0.4 is 19.7 Å². The number of methoxy groups -OCH3 is 1. The van der Waals surface area contributed by atoms with Crippen molar-refractivity contribution in [3.63, 3.8) is 0 Å². The molecule has 1 N–H and O–H groups in total. The summed E-state index contributed by atoms with van der Waals surface area (Å²) in [5, 5.41) is 2.87. The van der Waals surface area contributed by atoms with E-state index in [0.29, 0.717) is 18.2 Å². The quantitative estimate of drug-likeness (QED) is 0.875. The fraction of sp³-hybridized carbons (Fsp3) is 0.450. The number of nitrogens with one attached hydrogen (secondary N) is 1. The molecule has 2 aromatic rings. The molecule has 2 aromatic heterocycles. The highest BCUT2D eigenvalue weighted by Crippen LogP contribution is 2.30. The number of nitrogens with zero attached hydrogens (tertiary/aromatic N) is 4. The Morgan fingerprint density at radius 1 is 1.25 bits per heavy atom. The first-order chi connectivity index (χ1) is 13.5. The molecular formula is C20H25N5O3. The van der Waals surface area contributed by atoms with Gasteiger partial charge in [-0.05, 0) is 24.6 Å². The summed E-state index contributed by atoms with van der Waals surface area (Å²) in [6, 6.07) is 5.69. The number of carbonyl (C=O) groups is 1. The first kappa shape index (κ1) is 18.3. The van der Waals surface area contributed by atoms with Crippen LogP contribution in [0, 0.1) is 6.92 Å². The summed E-state index contributed by atoms with van der Waals surface area (Å²) < 4.78 is 11.1. The molecule has 0 atom stereocenters. The summed E-state index contributed by atoms with van der Waals surface area (Å²) in [7, 11) is 3.38. The van der Waals surface area contributed by atoms with Crippen molar-refractivity contribution in [2.24, 2.45) is 0 Å². The number of ether oxygens (including phenoxy) is 2. The minimum Gasteiger partial charge on any atom is -0.489 e. The predicted molar refractivity (Wildman–Crippen MR) is 106 cm³/mol. The zero-order chi connectivity index (χ0) is 19.7. The Kier molecular flexibility index (Phi) is 4.93. The molecule has 28 heavy (non-hydrogen) atoms. The smallest absolute Gasteiger partial charge is 0.323 e. The molecule has 0 spiro atoms. The van der Waals surface area contributed by atoms with Crippen LogP contribution in [-0.4, -0.2) is 54.2 Å². The van der Waals surface area contributed by atoms with Crippen LogP contribution in [0.5, 0.6) is 11.6 Å². The summed E-state index contributed by atoms with van der Waals surface area (Å²) in [6.07, 6.45) is 3.65. The topological polar surface area (TPSA) is 79.8 Å². The van der Waals surface area contributed by atoms with Crippen molar-refractivity contribution in [3.05, 3.63) is 35.5 Å². The van der Waals surface area contributed by atoms with Gasteiger partial charge in [0.2, 0.25) is 5.88 Å². The molecule has 2 aliphatic rings. The minimum absolute atomic E-state index is 0.116. The van der Waals surface area contributed by atoms with Gasteiger partial charge >= 0.3 is 6.03 Å². The second-order valence-electron chi connectivity index (χ2n) is 7.26. The van der Waals surface area contributed by atoms with Gasteiger partial charge in [-0.1, -0.05) is 0 Å². The van der Waals surface area contributed by atoms with Crippen LogP contribution in [0.3, 0.4) is 0 Å². The molecule has 2 aliphatic heterocycles. The lowest BCUT2D eigenvalue weighted by Crippen LogP contribution is -2.40. The van der Waals surface area contributed by atoms with Crippen molar-refractivity contribution in [3.8, 4) is 11.6 Å². The van der Waals surface area contributed by atoms with Crippen LogP contribution in [0.4, 0.5) is 16.4 Å². The normalized spacial score (nSPS) is 17.2. The number of hydrogen-bond acceptors (Lipinski definition) is 6. The molecule has 8 nitrogen and oxygen atoms in total. The molecule has 4 heterocycles. The average Bonchev–Trinajstić information content (AvgIpc) is 2.70. The standard InChI is InChI=1S/C20H25N5O3/c1-13-10-14-12-24(2)20(26)23-18(14)22-19(13)25-8-6-15(7-9-25)28-16-4-5-17(27-3)21-11-16/h4-5,10-11,15H,6-9,12H2,1-3H3,(H,22,23,26). The molecule has 4 rings (SSSR count). The van der Waals surface area contributed by atoms with Gasteiger partial charge in [0, 0.05) is 44.6 Å². The molecule has 0 unspecified atom stereocenters. The molecular weight excluding hydrogens is 358 g/mol. The van der Waals surface area contributed by atoms with Crippen molar-refractivity contribution in [2.45, 2.75) is 32.4 Å². The number of anilines is 2. The summed E-state index contributed by atoms with van der Waals surface area (Å²) in [6.45, 7) is 4.37. The van der Waals surface area contributed by atoms with E-state index in [-0.39, 0.29) is 12.1 Å². The van der Waals surface area contributed by atoms with Crippen molar-refractivity contribution in [1.82, 2.24) is 14.9 Å². The third-order valence-corrected chi connectivity index (χ3v) is 5.21. The minimum atomic E-state index is -0.116. The highest BCUT2D eigenvalue weighted by Gasteiger charge is 2.26. The number of fused-ring (bicyclic) bond motifs is 1. The van der Waals surface area contributed by atoms with Crippen molar-refractivity contribution < 1.29 is 14.3 Å². The monoisotopic (exact) mass is 383 g/mol. The summed E-state index contributed by atoms with van der Waals surface area (Å²) in [4.78, 5) is 24.8. The van der Waals surface area contributed by atoms with Gasteiger partial charge in [-0.2, -0.15) is 0 Å². The summed E-state index contributed by atoms with van der Waals surface area (Å²) in [5.74, 6) is 2.95. The predicted octanol–water partition coefficient (Wildman–Crippen LogP) is 2.82. The first-order valence-electron chi connectivity index (χ1n) is 9.48. The number of urea groups is 1. The number of carbonyl (C=O) groups excluding carboxylic acids is 1. The fourth-order valence-electron chi connectivity index (χ4n) is 3.67. The first-order valence-corrected chi connectivity index (χ1v) is 9.48. The van der Waals surface area contributed by atoms with Gasteiger partial charge in [-0.25, -0.2) is 14.8 Å². The Bertz CT molecular complexity index is 863. The van der Waals surface area contributed by atoms with Crippen LogP contribution >= 0.6 is 0 Å². The Labute approximate surface area is 164 Å². The van der Waals surface area contributed by atoms with E-state index in [1.165, 1.54) is 0 Å². The van der Waals surface area contributed by atoms with Crippen molar-refractivity contribution >= 4 is 17.7 Å². The largest absolute Gasteiger partial charge is 0.489 e. The van der Waals surface area contributed by atoms with Crippen molar-refractivity contribution in [1.29, 1.82) is 0 Å². The molecule has 2 amide bonds. The maximum atomic E-state index is 11.9. The Morgan fingerprint density at radius 3 is 2.71 bits per heavy atom. The van der Waals surface area contributed by atoms with Gasteiger partial charge in [0.15, 0.2) is 0 Å². The Balaban J connectivity index is 1.41. The van der Waals surface area contributed by atoms with Gasteiger partial charge in [0.25, 0.3) is 0 Å². The highest BCUT2D eigenvalue weighted by atomic mass is 16.5. The molecule has 0 aliphatic carbocycles. The highest BCUT2D eigenvalue weighted by molar-refractivity contribution is 5.91. The molecule has 1 fully saturated rings. The van der Waals surface area contributed by atoms with E-state index in [1.807, 2.05) is 6.07 Å². The van der Waals surface area contributed by atoms with Crippen LogP contribution in [0.25, 0.3) is 0 Å². The molecule has 0 bridgehead atoms. The van der Waals surface area contributed by atoms with E-state index >= 15 is 0 Å². The van der Waals surface area contributed by atoms with Crippen LogP contribution in [0.1, 0.15) is 24.0 Å². The fourth-order valence-corrected chi connectivity index (χ4v) is 3.67. The number of amides is 2. The molecule has 8 heteroatoms. The lowest BCUT2D eigenvalue weighted by molar-refractivity contribution is 0.170. The number of pyridine rings is 2.